The van der Waals surface area contributed by atoms with Crippen LogP contribution in [0.15, 0.2) is 53.0 Å². The summed E-state index contributed by atoms with van der Waals surface area (Å²) in [6.07, 6.45) is 5.41. The van der Waals surface area contributed by atoms with Crippen molar-refractivity contribution in [2.75, 3.05) is 12.4 Å². The third kappa shape index (κ3) is 2.70. The topological polar surface area (TPSA) is 64.4 Å². The number of hydrogen-bond donors (Lipinski definition) is 1. The van der Waals surface area contributed by atoms with Crippen LogP contribution in [0.2, 0.25) is 0 Å². The smallest absolute Gasteiger partial charge is 0.311 e. The number of ether oxygens (including phenoxy) is 1. The van der Waals surface area contributed by atoms with Gasteiger partial charge in [-0.2, -0.15) is 0 Å². The minimum absolute atomic E-state index is 0.00547. The van der Waals surface area contributed by atoms with Gasteiger partial charge in [0.25, 0.3) is 0 Å². The lowest BCUT2D eigenvalue weighted by Crippen LogP contribution is -2.29. The van der Waals surface area contributed by atoms with Gasteiger partial charge in [0.1, 0.15) is 0 Å². The van der Waals surface area contributed by atoms with Gasteiger partial charge in [-0.05, 0) is 47.7 Å². The molecule has 0 fully saturated rings. The number of nitrogens with one attached hydrogen (secondary N) is 1. The Morgan fingerprint density at radius 1 is 1.28 bits per heavy atom. The number of halogens is 1. The molecular weight excluding hydrogens is 384 g/mol. The Labute approximate surface area is 154 Å². The second-order valence-electron chi connectivity index (χ2n) is 6.40. The first-order valence-electron chi connectivity index (χ1n) is 8.13. The van der Waals surface area contributed by atoms with Crippen LogP contribution in [0.25, 0.3) is 0 Å². The van der Waals surface area contributed by atoms with Crippen LogP contribution in [0.5, 0.6) is 5.75 Å². The Morgan fingerprint density at radius 3 is 2.88 bits per heavy atom. The van der Waals surface area contributed by atoms with Crippen molar-refractivity contribution in [3.05, 3.63) is 74.3 Å². The third-order valence-electron chi connectivity index (χ3n) is 5.08. The number of benzene rings is 2. The normalized spacial score (nSPS) is 23.5. The van der Waals surface area contributed by atoms with Crippen molar-refractivity contribution < 1.29 is 9.66 Å². The monoisotopic (exact) mass is 400 g/mol. The fourth-order valence-corrected chi connectivity index (χ4v) is 4.32. The van der Waals surface area contributed by atoms with Crippen LogP contribution in [0.1, 0.15) is 29.5 Å². The van der Waals surface area contributed by atoms with Gasteiger partial charge in [-0.1, -0.05) is 34.1 Å². The molecule has 2 aromatic rings. The molecule has 0 radical (unpaired) electrons. The molecule has 1 N–H and O–H groups in total. The molecule has 4 rings (SSSR count). The predicted molar refractivity (Wildman–Crippen MR) is 100 cm³/mol. The van der Waals surface area contributed by atoms with E-state index >= 15 is 0 Å². The highest BCUT2D eigenvalue weighted by molar-refractivity contribution is 9.10. The summed E-state index contributed by atoms with van der Waals surface area (Å²) in [7, 11) is 1.45. The number of anilines is 1. The van der Waals surface area contributed by atoms with Gasteiger partial charge in [0, 0.05) is 22.1 Å². The average molecular weight is 401 g/mol. The summed E-state index contributed by atoms with van der Waals surface area (Å²) in [6, 6.07) is 11.5. The van der Waals surface area contributed by atoms with Crippen molar-refractivity contribution in [2.24, 2.45) is 5.92 Å². The molecule has 0 amide bonds. The van der Waals surface area contributed by atoms with Gasteiger partial charge in [-0.15, -0.1) is 0 Å². The molecule has 0 spiro atoms. The summed E-state index contributed by atoms with van der Waals surface area (Å²) in [5, 5.41) is 15.0. The van der Waals surface area contributed by atoms with E-state index in [-0.39, 0.29) is 22.4 Å². The van der Waals surface area contributed by atoms with Gasteiger partial charge in [0.2, 0.25) is 0 Å². The summed E-state index contributed by atoms with van der Waals surface area (Å²) in [5.41, 5.74) is 3.28. The molecule has 128 valence electrons. The third-order valence-corrected chi connectivity index (χ3v) is 5.58. The van der Waals surface area contributed by atoms with E-state index in [0.717, 1.165) is 22.1 Å². The molecule has 6 heteroatoms. The molecule has 0 saturated heterocycles. The molecule has 1 aliphatic heterocycles. The Hall–Kier alpha value is -2.34. The van der Waals surface area contributed by atoms with Gasteiger partial charge in [-0.25, -0.2) is 0 Å². The molecule has 25 heavy (non-hydrogen) atoms. The van der Waals surface area contributed by atoms with Gasteiger partial charge < -0.3 is 10.1 Å². The minimum atomic E-state index is -0.388. The minimum Gasteiger partial charge on any atom is -0.490 e. The van der Waals surface area contributed by atoms with Gasteiger partial charge in [0.05, 0.1) is 18.1 Å². The number of fused-ring (bicyclic) bond motifs is 3. The van der Waals surface area contributed by atoms with Crippen LogP contribution >= 0.6 is 15.9 Å². The second kappa shape index (κ2) is 6.19. The Bertz CT molecular complexity index is 881. The molecule has 0 aromatic heterocycles. The van der Waals surface area contributed by atoms with Gasteiger partial charge in [0.15, 0.2) is 5.75 Å². The highest BCUT2D eigenvalue weighted by atomic mass is 79.9. The van der Waals surface area contributed by atoms with E-state index in [4.69, 9.17) is 4.74 Å². The Balaban J connectivity index is 1.78. The van der Waals surface area contributed by atoms with E-state index < -0.39 is 0 Å². The first-order chi connectivity index (χ1) is 12.1. The molecule has 0 unspecified atom stereocenters. The SMILES string of the molecule is COc1ccc([C@@H]2Nc3ccc(Br)cc3[C@H]3C=CC[C@H]32)cc1[N+](=O)[O-]. The number of allylic oxidation sites excluding steroid dienone is 2. The van der Waals surface area contributed by atoms with Crippen molar-refractivity contribution in [1.29, 1.82) is 0 Å². The van der Waals surface area contributed by atoms with Gasteiger partial charge in [-0.3, -0.25) is 10.1 Å². The van der Waals surface area contributed by atoms with Crippen LogP contribution in [0.3, 0.4) is 0 Å². The maximum absolute atomic E-state index is 11.4. The maximum Gasteiger partial charge on any atom is 0.311 e. The van der Waals surface area contributed by atoms with E-state index in [1.165, 1.54) is 12.7 Å². The first kappa shape index (κ1) is 16.1. The fourth-order valence-electron chi connectivity index (χ4n) is 3.94. The fraction of sp³-hybridized carbons (Fsp3) is 0.263. The van der Waals surface area contributed by atoms with Crippen LogP contribution in [-0.4, -0.2) is 12.0 Å². The van der Waals surface area contributed by atoms with Gasteiger partial charge >= 0.3 is 5.69 Å². The second-order valence-corrected chi connectivity index (χ2v) is 7.31. The zero-order valence-corrected chi connectivity index (χ0v) is 15.2. The quantitative estimate of drug-likeness (QED) is 0.437. The van der Waals surface area contributed by atoms with Crippen molar-refractivity contribution in [3.63, 3.8) is 0 Å². The zero-order valence-electron chi connectivity index (χ0n) is 13.6. The highest BCUT2D eigenvalue weighted by Gasteiger charge is 2.38. The van der Waals surface area contributed by atoms with E-state index in [9.17, 15) is 10.1 Å². The van der Waals surface area contributed by atoms with E-state index in [1.807, 2.05) is 12.1 Å². The Kier molecular flexibility index (Phi) is 4.00. The number of nitro groups is 1. The molecule has 5 nitrogen and oxygen atoms in total. The number of hydrogen-bond acceptors (Lipinski definition) is 4. The molecule has 0 bridgehead atoms. The van der Waals surface area contributed by atoms with Crippen LogP contribution in [-0.2, 0) is 0 Å². The summed E-state index contributed by atoms with van der Waals surface area (Å²) >= 11 is 3.55. The first-order valence-corrected chi connectivity index (χ1v) is 8.93. The average Bonchev–Trinajstić information content (AvgIpc) is 3.10. The van der Waals surface area contributed by atoms with Crippen molar-refractivity contribution >= 4 is 27.3 Å². The highest BCUT2D eigenvalue weighted by Crippen LogP contribution is 2.50. The van der Waals surface area contributed by atoms with Crippen molar-refractivity contribution in [3.8, 4) is 5.75 Å². The van der Waals surface area contributed by atoms with E-state index in [0.29, 0.717) is 11.8 Å². The molecule has 2 aromatic carbocycles. The van der Waals surface area contributed by atoms with E-state index in [1.54, 1.807) is 12.1 Å². The van der Waals surface area contributed by atoms with Crippen molar-refractivity contribution in [2.45, 2.75) is 18.4 Å². The van der Waals surface area contributed by atoms with Crippen molar-refractivity contribution in [1.82, 2.24) is 0 Å². The summed E-state index contributed by atoms with van der Waals surface area (Å²) < 4.78 is 6.19. The summed E-state index contributed by atoms with van der Waals surface area (Å²) in [5.74, 6) is 0.949. The zero-order chi connectivity index (χ0) is 17.6. The molecule has 1 aliphatic carbocycles. The Morgan fingerprint density at radius 2 is 2.12 bits per heavy atom. The largest absolute Gasteiger partial charge is 0.490 e. The molecule has 2 aliphatic rings. The summed E-state index contributed by atoms with van der Waals surface area (Å²) in [4.78, 5) is 11.0. The maximum atomic E-state index is 11.4. The van der Waals surface area contributed by atoms with E-state index in [2.05, 4.69) is 45.5 Å². The molecule has 3 atom stereocenters. The summed E-state index contributed by atoms with van der Waals surface area (Å²) in [6.45, 7) is 0. The number of nitrogens with zero attached hydrogens (tertiary/aromatic N) is 1. The van der Waals surface area contributed by atoms with Crippen LogP contribution in [0, 0.1) is 16.0 Å². The number of nitro benzene ring substituents is 1. The molecule has 1 heterocycles. The lowest BCUT2D eigenvalue weighted by atomic mass is 9.77. The van der Waals surface area contributed by atoms with Crippen LogP contribution in [0.4, 0.5) is 11.4 Å². The lowest BCUT2D eigenvalue weighted by molar-refractivity contribution is -0.385. The van der Waals surface area contributed by atoms with Crippen LogP contribution < -0.4 is 10.1 Å². The predicted octanol–water partition coefficient (Wildman–Crippen LogP) is 5.19. The number of methoxy groups -OCH3 is 1. The number of rotatable bonds is 3. The molecule has 0 saturated carbocycles. The standard InChI is InChI=1S/C19H17BrN2O3/c1-25-18-8-5-11(9-17(18)22(23)24)19-14-4-2-3-13(14)15-10-12(20)6-7-16(15)21-19/h2-3,5-10,13-14,19,21H,4H2,1H3/t13-,14+,19-/m0/s1. The lowest BCUT2D eigenvalue weighted by Gasteiger charge is -2.37. The molecular formula is C19H17BrN2O3.